The maximum absolute atomic E-state index is 5.95. The number of rotatable bonds is 6. The van der Waals surface area contributed by atoms with E-state index in [-0.39, 0.29) is 0 Å². The highest BCUT2D eigenvalue weighted by Crippen LogP contribution is 2.21. The number of hydrogen-bond acceptors (Lipinski definition) is 3. The van der Waals surface area contributed by atoms with E-state index in [0.717, 1.165) is 30.8 Å². The number of halogens is 1. The van der Waals surface area contributed by atoms with Crippen molar-refractivity contribution in [1.82, 2.24) is 4.90 Å². The van der Waals surface area contributed by atoms with Crippen molar-refractivity contribution in [3.05, 3.63) is 28.8 Å². The summed E-state index contributed by atoms with van der Waals surface area (Å²) >= 11 is 11.0. The molecule has 0 saturated carbocycles. The van der Waals surface area contributed by atoms with Gasteiger partial charge in [0.2, 0.25) is 0 Å². The van der Waals surface area contributed by atoms with E-state index in [9.17, 15) is 0 Å². The molecule has 94 valence electrons. The quantitative estimate of drug-likeness (QED) is 0.616. The summed E-state index contributed by atoms with van der Waals surface area (Å²) < 4.78 is 0. The molecule has 0 aliphatic rings. The van der Waals surface area contributed by atoms with Gasteiger partial charge in [-0.25, -0.2) is 0 Å². The minimum atomic E-state index is 0.386. The van der Waals surface area contributed by atoms with Crippen molar-refractivity contribution in [3.8, 4) is 0 Å². The molecule has 1 aromatic rings. The van der Waals surface area contributed by atoms with E-state index in [1.165, 1.54) is 0 Å². The molecule has 0 aliphatic heterocycles. The van der Waals surface area contributed by atoms with E-state index in [1.807, 2.05) is 12.1 Å². The summed E-state index contributed by atoms with van der Waals surface area (Å²) in [5, 5.41) is 3.99. The van der Waals surface area contributed by atoms with Gasteiger partial charge in [-0.15, -0.1) is 0 Å². The Morgan fingerprint density at radius 1 is 1.47 bits per heavy atom. The minimum absolute atomic E-state index is 0.386. The first-order valence-electron chi connectivity index (χ1n) is 5.48. The molecule has 0 fully saturated rings. The third-order valence-electron chi connectivity index (χ3n) is 2.34. The predicted molar refractivity (Wildman–Crippen MR) is 79.0 cm³/mol. The van der Waals surface area contributed by atoms with Crippen LogP contribution in [-0.2, 0) is 0 Å². The number of thiocarbonyl (C=S) groups is 1. The Hall–Kier alpha value is -0.840. The maximum atomic E-state index is 5.95. The standard InChI is InChI=1S/C12H18ClN3S/c1-16(2)7-3-6-15-11-8-9(13)4-5-10(11)12(14)17/h4-5,8,15H,3,6-7H2,1-2H3,(H2,14,17). The number of nitrogens with one attached hydrogen (secondary N) is 1. The molecule has 17 heavy (non-hydrogen) atoms. The zero-order valence-corrected chi connectivity index (χ0v) is 11.7. The van der Waals surface area contributed by atoms with Crippen molar-refractivity contribution in [1.29, 1.82) is 0 Å². The first kappa shape index (κ1) is 14.2. The van der Waals surface area contributed by atoms with Crippen LogP contribution in [0.5, 0.6) is 0 Å². The van der Waals surface area contributed by atoms with Crippen LogP contribution in [0.2, 0.25) is 5.02 Å². The molecule has 0 unspecified atom stereocenters. The van der Waals surface area contributed by atoms with Gasteiger partial charge >= 0.3 is 0 Å². The van der Waals surface area contributed by atoms with E-state index in [2.05, 4.69) is 24.3 Å². The fraction of sp³-hybridized carbons (Fsp3) is 0.417. The molecule has 3 N–H and O–H groups in total. The highest BCUT2D eigenvalue weighted by molar-refractivity contribution is 7.80. The first-order valence-corrected chi connectivity index (χ1v) is 6.27. The zero-order valence-electron chi connectivity index (χ0n) is 10.2. The number of nitrogens with zero attached hydrogens (tertiary/aromatic N) is 1. The lowest BCUT2D eigenvalue weighted by atomic mass is 10.1. The molecule has 0 bridgehead atoms. The normalized spacial score (nSPS) is 10.6. The summed E-state index contributed by atoms with van der Waals surface area (Å²) in [5.74, 6) is 0. The van der Waals surface area contributed by atoms with Crippen LogP contribution in [0, 0.1) is 0 Å². The van der Waals surface area contributed by atoms with Crippen LogP contribution < -0.4 is 11.1 Å². The zero-order chi connectivity index (χ0) is 12.8. The molecule has 5 heteroatoms. The molecule has 0 atom stereocenters. The van der Waals surface area contributed by atoms with Gasteiger partial charge in [0, 0.05) is 22.8 Å². The Morgan fingerprint density at radius 2 is 2.18 bits per heavy atom. The van der Waals surface area contributed by atoms with Gasteiger partial charge in [-0.2, -0.15) is 0 Å². The molecular weight excluding hydrogens is 254 g/mol. The fourth-order valence-electron chi connectivity index (χ4n) is 1.50. The van der Waals surface area contributed by atoms with E-state index < -0.39 is 0 Å². The number of anilines is 1. The molecule has 0 aliphatic carbocycles. The average Bonchev–Trinajstić information content (AvgIpc) is 2.23. The summed E-state index contributed by atoms with van der Waals surface area (Å²) in [7, 11) is 4.11. The summed E-state index contributed by atoms with van der Waals surface area (Å²) in [6.07, 6.45) is 1.05. The molecule has 0 spiro atoms. The van der Waals surface area contributed by atoms with Crippen molar-refractivity contribution >= 4 is 34.5 Å². The van der Waals surface area contributed by atoms with Crippen molar-refractivity contribution in [3.63, 3.8) is 0 Å². The lowest BCUT2D eigenvalue weighted by Gasteiger charge is -2.13. The summed E-state index contributed by atoms with van der Waals surface area (Å²) in [6.45, 7) is 1.91. The van der Waals surface area contributed by atoms with Gasteiger partial charge in [-0.1, -0.05) is 23.8 Å². The van der Waals surface area contributed by atoms with E-state index in [1.54, 1.807) is 6.07 Å². The van der Waals surface area contributed by atoms with Crippen LogP contribution in [0.1, 0.15) is 12.0 Å². The van der Waals surface area contributed by atoms with Gasteiger partial charge < -0.3 is 16.0 Å². The SMILES string of the molecule is CN(C)CCCNc1cc(Cl)ccc1C(N)=S. The fourth-order valence-corrected chi connectivity index (χ4v) is 1.85. The second-order valence-electron chi connectivity index (χ2n) is 4.14. The molecule has 1 aromatic carbocycles. The van der Waals surface area contributed by atoms with Crippen LogP contribution in [0.25, 0.3) is 0 Å². The Labute approximate surface area is 113 Å². The third-order valence-corrected chi connectivity index (χ3v) is 2.80. The lowest BCUT2D eigenvalue weighted by molar-refractivity contribution is 0.405. The summed E-state index contributed by atoms with van der Waals surface area (Å²) in [4.78, 5) is 2.53. The molecular formula is C12H18ClN3S. The second-order valence-corrected chi connectivity index (χ2v) is 5.01. The Morgan fingerprint density at radius 3 is 2.76 bits per heavy atom. The lowest BCUT2D eigenvalue weighted by Crippen LogP contribution is -2.18. The average molecular weight is 272 g/mol. The van der Waals surface area contributed by atoms with E-state index in [0.29, 0.717) is 10.0 Å². The van der Waals surface area contributed by atoms with Gasteiger partial charge in [0.25, 0.3) is 0 Å². The van der Waals surface area contributed by atoms with Gasteiger partial charge in [-0.3, -0.25) is 0 Å². The smallest absolute Gasteiger partial charge is 0.106 e. The van der Waals surface area contributed by atoms with Gasteiger partial charge in [-0.05, 0) is 45.3 Å². The van der Waals surface area contributed by atoms with Crippen molar-refractivity contribution in [2.45, 2.75) is 6.42 Å². The van der Waals surface area contributed by atoms with Gasteiger partial charge in [0.1, 0.15) is 4.99 Å². The topological polar surface area (TPSA) is 41.3 Å². The van der Waals surface area contributed by atoms with Crippen LogP contribution in [0.4, 0.5) is 5.69 Å². The van der Waals surface area contributed by atoms with Crippen molar-refractivity contribution in [2.75, 3.05) is 32.5 Å². The number of benzene rings is 1. The van der Waals surface area contributed by atoms with E-state index >= 15 is 0 Å². The molecule has 0 saturated heterocycles. The predicted octanol–water partition coefficient (Wildman–Crippen LogP) is 2.34. The van der Waals surface area contributed by atoms with Crippen LogP contribution >= 0.6 is 23.8 Å². The first-order chi connectivity index (χ1) is 8.00. The molecule has 0 radical (unpaired) electrons. The monoisotopic (exact) mass is 271 g/mol. The largest absolute Gasteiger partial charge is 0.389 e. The number of nitrogens with two attached hydrogens (primary N) is 1. The molecule has 1 rings (SSSR count). The van der Waals surface area contributed by atoms with Crippen LogP contribution in [-0.4, -0.2) is 37.1 Å². The maximum Gasteiger partial charge on any atom is 0.106 e. The highest BCUT2D eigenvalue weighted by atomic mass is 35.5. The van der Waals surface area contributed by atoms with Crippen molar-refractivity contribution < 1.29 is 0 Å². The van der Waals surface area contributed by atoms with E-state index in [4.69, 9.17) is 29.6 Å². The Balaban J connectivity index is 2.62. The third kappa shape index (κ3) is 4.89. The minimum Gasteiger partial charge on any atom is -0.389 e. The van der Waals surface area contributed by atoms with Crippen LogP contribution in [0.3, 0.4) is 0 Å². The highest BCUT2D eigenvalue weighted by Gasteiger charge is 2.05. The Kier molecular flexibility index (Phi) is 5.68. The Bertz CT molecular complexity index is 393. The summed E-state index contributed by atoms with van der Waals surface area (Å²) in [6, 6.07) is 5.49. The summed E-state index contributed by atoms with van der Waals surface area (Å²) in [5.41, 5.74) is 7.41. The van der Waals surface area contributed by atoms with Crippen molar-refractivity contribution in [2.24, 2.45) is 5.73 Å². The molecule has 3 nitrogen and oxygen atoms in total. The molecule has 0 heterocycles. The molecule has 0 aromatic heterocycles. The van der Waals surface area contributed by atoms with Crippen LogP contribution in [0.15, 0.2) is 18.2 Å². The van der Waals surface area contributed by atoms with Gasteiger partial charge in [0.05, 0.1) is 0 Å². The number of hydrogen-bond donors (Lipinski definition) is 2. The van der Waals surface area contributed by atoms with Gasteiger partial charge in [0.15, 0.2) is 0 Å². The molecule has 0 amide bonds. The second kappa shape index (κ2) is 6.79.